The zero-order valence-corrected chi connectivity index (χ0v) is 21.4. The highest BCUT2D eigenvalue weighted by Gasteiger charge is 2.14. The van der Waals surface area contributed by atoms with Gasteiger partial charge in [-0.05, 0) is 67.8 Å². The van der Waals surface area contributed by atoms with Crippen molar-refractivity contribution in [3.05, 3.63) is 58.9 Å². The first kappa shape index (κ1) is 26.0. The van der Waals surface area contributed by atoms with Gasteiger partial charge in [0.15, 0.2) is 5.16 Å². The van der Waals surface area contributed by atoms with Crippen LogP contribution in [0.3, 0.4) is 0 Å². The van der Waals surface area contributed by atoms with Crippen LogP contribution in [0, 0.1) is 20.8 Å². The maximum Gasteiger partial charge on any atom is 0.234 e. The van der Waals surface area contributed by atoms with E-state index >= 15 is 0 Å². The molecule has 0 aliphatic rings. The lowest BCUT2D eigenvalue weighted by Crippen LogP contribution is -2.15. The molecule has 3 amide bonds. The first-order valence-electron chi connectivity index (χ1n) is 11.2. The molecule has 3 N–H and O–H groups in total. The number of nitrogens with one attached hydrogen (secondary N) is 3. The van der Waals surface area contributed by atoms with Crippen LogP contribution in [0.1, 0.15) is 35.9 Å². The molecule has 0 spiro atoms. The number of benzene rings is 2. The maximum absolute atomic E-state index is 12.4. The first-order chi connectivity index (χ1) is 16.6. The van der Waals surface area contributed by atoms with Crippen molar-refractivity contribution in [1.29, 1.82) is 0 Å². The van der Waals surface area contributed by atoms with E-state index in [1.807, 2.05) is 46.0 Å². The van der Waals surface area contributed by atoms with Gasteiger partial charge in [0.25, 0.3) is 0 Å². The molecule has 184 valence electrons. The van der Waals surface area contributed by atoms with Crippen molar-refractivity contribution >= 4 is 46.5 Å². The van der Waals surface area contributed by atoms with E-state index in [4.69, 9.17) is 0 Å². The Hall–Kier alpha value is -3.66. The highest BCUT2D eigenvalue weighted by atomic mass is 32.2. The second-order valence-corrected chi connectivity index (χ2v) is 9.30. The normalized spacial score (nSPS) is 10.7. The lowest BCUT2D eigenvalue weighted by Gasteiger charge is -2.10. The Balaban J connectivity index is 1.48. The quantitative estimate of drug-likeness (QED) is 0.387. The Labute approximate surface area is 209 Å². The minimum Gasteiger partial charge on any atom is -0.326 e. The number of thioether (sulfide) groups is 1. The van der Waals surface area contributed by atoms with Gasteiger partial charge in [-0.1, -0.05) is 17.8 Å². The highest BCUT2D eigenvalue weighted by molar-refractivity contribution is 7.99. The molecule has 35 heavy (non-hydrogen) atoms. The predicted molar refractivity (Wildman–Crippen MR) is 139 cm³/mol. The number of aryl methyl sites for hydroxylation is 4. The van der Waals surface area contributed by atoms with Crippen LogP contribution in [0.5, 0.6) is 0 Å². The number of carbonyl (C=O) groups is 3. The third kappa shape index (κ3) is 7.41. The summed E-state index contributed by atoms with van der Waals surface area (Å²) < 4.78 is 1.80. The van der Waals surface area contributed by atoms with Crippen LogP contribution >= 0.6 is 11.8 Å². The Morgan fingerprint density at radius 2 is 1.51 bits per heavy atom. The highest BCUT2D eigenvalue weighted by Crippen LogP contribution is 2.21. The molecular weight excluding hydrogens is 464 g/mol. The van der Waals surface area contributed by atoms with E-state index in [9.17, 15) is 14.4 Å². The molecule has 0 radical (unpaired) electrons. The summed E-state index contributed by atoms with van der Waals surface area (Å²) in [6.45, 7) is 7.35. The van der Waals surface area contributed by atoms with Gasteiger partial charge in [0.2, 0.25) is 17.7 Å². The molecule has 3 aromatic rings. The van der Waals surface area contributed by atoms with Crippen LogP contribution in [0.25, 0.3) is 0 Å². The number of hydrogen-bond acceptors (Lipinski definition) is 6. The SMILES string of the molecule is CC(=O)Nc1ccc(NC(=O)CSc2nnc(CCC(=O)Nc3ccc(C)c(C)c3)n2C)cc1C. The third-order valence-corrected chi connectivity index (χ3v) is 6.46. The van der Waals surface area contributed by atoms with Gasteiger partial charge in [-0.15, -0.1) is 10.2 Å². The minimum atomic E-state index is -0.181. The Kier molecular flexibility index (Phi) is 8.64. The fourth-order valence-electron chi connectivity index (χ4n) is 3.35. The minimum absolute atomic E-state index is 0.0929. The van der Waals surface area contributed by atoms with Gasteiger partial charge in [-0.2, -0.15) is 0 Å². The molecule has 0 saturated carbocycles. The largest absolute Gasteiger partial charge is 0.326 e. The molecule has 1 heterocycles. The third-order valence-electron chi connectivity index (χ3n) is 5.44. The number of anilines is 3. The summed E-state index contributed by atoms with van der Waals surface area (Å²) in [5, 5.41) is 17.4. The van der Waals surface area contributed by atoms with Gasteiger partial charge in [-0.3, -0.25) is 14.4 Å². The average Bonchev–Trinajstić information content (AvgIpc) is 3.14. The molecule has 1 aromatic heterocycles. The van der Waals surface area contributed by atoms with Crippen LogP contribution in [-0.4, -0.2) is 38.2 Å². The molecule has 0 saturated heterocycles. The van der Waals surface area contributed by atoms with E-state index in [-0.39, 0.29) is 29.9 Å². The number of amides is 3. The predicted octanol–water partition coefficient (Wildman–Crippen LogP) is 4.00. The molecule has 2 aromatic carbocycles. The monoisotopic (exact) mass is 494 g/mol. The van der Waals surface area contributed by atoms with Crippen molar-refractivity contribution in [2.24, 2.45) is 7.05 Å². The molecule has 0 atom stereocenters. The summed E-state index contributed by atoms with van der Waals surface area (Å²) >= 11 is 1.27. The van der Waals surface area contributed by atoms with E-state index in [0.29, 0.717) is 28.8 Å². The fourth-order valence-corrected chi connectivity index (χ4v) is 4.08. The second kappa shape index (κ2) is 11.7. The smallest absolute Gasteiger partial charge is 0.234 e. The lowest BCUT2D eigenvalue weighted by molar-refractivity contribution is -0.116. The van der Waals surface area contributed by atoms with Gasteiger partial charge in [0.05, 0.1) is 5.75 Å². The maximum atomic E-state index is 12.4. The number of nitrogens with zero attached hydrogens (tertiary/aromatic N) is 3. The van der Waals surface area contributed by atoms with Crippen LogP contribution < -0.4 is 16.0 Å². The van der Waals surface area contributed by atoms with Crippen LogP contribution in [-0.2, 0) is 27.9 Å². The molecule has 0 fully saturated rings. The van der Waals surface area contributed by atoms with E-state index in [1.54, 1.807) is 22.8 Å². The zero-order valence-electron chi connectivity index (χ0n) is 20.6. The summed E-state index contributed by atoms with van der Waals surface area (Å²) in [6, 6.07) is 11.1. The lowest BCUT2D eigenvalue weighted by atomic mass is 10.1. The summed E-state index contributed by atoms with van der Waals surface area (Å²) in [7, 11) is 1.82. The van der Waals surface area contributed by atoms with Crippen LogP contribution in [0.2, 0.25) is 0 Å². The fraction of sp³-hybridized carbons (Fsp3) is 0.320. The van der Waals surface area contributed by atoms with E-state index in [0.717, 1.165) is 16.8 Å². The number of rotatable bonds is 9. The summed E-state index contributed by atoms with van der Waals surface area (Å²) in [4.78, 5) is 36.0. The van der Waals surface area contributed by atoms with Crippen molar-refractivity contribution in [3.63, 3.8) is 0 Å². The Morgan fingerprint density at radius 3 is 2.17 bits per heavy atom. The molecule has 3 rings (SSSR count). The second-order valence-electron chi connectivity index (χ2n) is 8.35. The number of carbonyl (C=O) groups excluding carboxylic acids is 3. The molecule has 0 bridgehead atoms. The van der Waals surface area contributed by atoms with Gasteiger partial charge in [0.1, 0.15) is 5.82 Å². The first-order valence-corrected chi connectivity index (χ1v) is 12.2. The van der Waals surface area contributed by atoms with Crippen molar-refractivity contribution in [2.75, 3.05) is 21.7 Å². The van der Waals surface area contributed by atoms with Crippen molar-refractivity contribution in [1.82, 2.24) is 14.8 Å². The van der Waals surface area contributed by atoms with E-state index in [1.165, 1.54) is 24.2 Å². The van der Waals surface area contributed by atoms with Crippen molar-refractivity contribution in [3.8, 4) is 0 Å². The van der Waals surface area contributed by atoms with Gasteiger partial charge in [0, 0.05) is 43.9 Å². The summed E-state index contributed by atoms with van der Waals surface area (Å²) in [6.07, 6.45) is 0.713. The van der Waals surface area contributed by atoms with Gasteiger partial charge >= 0.3 is 0 Å². The molecular formula is C25H30N6O3S. The average molecular weight is 495 g/mol. The van der Waals surface area contributed by atoms with Crippen molar-refractivity contribution < 1.29 is 14.4 Å². The summed E-state index contributed by atoms with van der Waals surface area (Å²) in [5.74, 6) is 0.411. The Bertz CT molecular complexity index is 1250. The molecule has 0 aliphatic heterocycles. The topological polar surface area (TPSA) is 118 Å². The van der Waals surface area contributed by atoms with Crippen molar-refractivity contribution in [2.45, 2.75) is 45.7 Å². The standard InChI is InChI=1S/C25H30N6O3S/c1-15-6-7-19(12-16(15)2)27-23(33)11-10-22-29-30-25(31(22)5)35-14-24(34)28-20-8-9-21(17(3)13-20)26-18(4)32/h6-9,12-13H,10-11,14H2,1-5H3,(H,26,32)(H,27,33)(H,28,34). The van der Waals surface area contributed by atoms with Gasteiger partial charge < -0.3 is 20.5 Å². The van der Waals surface area contributed by atoms with Crippen LogP contribution in [0.4, 0.5) is 17.1 Å². The number of aromatic nitrogens is 3. The molecule has 10 heteroatoms. The van der Waals surface area contributed by atoms with E-state index in [2.05, 4.69) is 26.1 Å². The zero-order chi connectivity index (χ0) is 25.5. The molecule has 0 aliphatic carbocycles. The number of hydrogen-bond donors (Lipinski definition) is 3. The molecule has 9 nitrogen and oxygen atoms in total. The van der Waals surface area contributed by atoms with E-state index < -0.39 is 0 Å². The summed E-state index contributed by atoms with van der Waals surface area (Å²) in [5.41, 5.74) is 5.29. The molecule has 0 unspecified atom stereocenters. The Morgan fingerprint density at radius 1 is 0.857 bits per heavy atom. The van der Waals surface area contributed by atoms with Crippen LogP contribution in [0.15, 0.2) is 41.6 Å². The van der Waals surface area contributed by atoms with Gasteiger partial charge in [-0.25, -0.2) is 0 Å².